The second-order valence-electron chi connectivity index (χ2n) is 6.91. The van der Waals surface area contributed by atoms with Crippen molar-refractivity contribution >= 4 is 17.7 Å². The summed E-state index contributed by atoms with van der Waals surface area (Å²) in [4.78, 5) is 27.3. The lowest BCUT2D eigenvalue weighted by Crippen LogP contribution is -2.49. The van der Waals surface area contributed by atoms with Crippen molar-refractivity contribution in [1.82, 2.24) is 14.9 Å². The van der Waals surface area contributed by atoms with Gasteiger partial charge < -0.3 is 19.4 Å². The van der Waals surface area contributed by atoms with E-state index in [9.17, 15) is 18.0 Å². The van der Waals surface area contributed by atoms with Crippen molar-refractivity contribution in [2.24, 2.45) is 0 Å². The van der Waals surface area contributed by atoms with Crippen molar-refractivity contribution < 1.29 is 22.7 Å². The summed E-state index contributed by atoms with van der Waals surface area (Å²) in [6.45, 7) is 3.97. The van der Waals surface area contributed by atoms with Crippen LogP contribution in [0.2, 0.25) is 0 Å². The first kappa shape index (κ1) is 20.7. The van der Waals surface area contributed by atoms with Gasteiger partial charge in [-0.3, -0.25) is 4.79 Å². The largest absolute Gasteiger partial charge is 0.573 e. The Bertz CT molecular complexity index is 863. The Balaban J connectivity index is 1.62. The Hall–Kier alpha value is -3.04. The van der Waals surface area contributed by atoms with Crippen LogP contribution >= 0.6 is 0 Å². The first-order valence-corrected chi connectivity index (χ1v) is 9.05. The fourth-order valence-corrected chi connectivity index (χ4v) is 3.00. The highest BCUT2D eigenvalue weighted by atomic mass is 19.4. The maximum absolute atomic E-state index is 12.6. The summed E-state index contributed by atoms with van der Waals surface area (Å²) in [5, 5.41) is 0. The number of piperazine rings is 1. The van der Waals surface area contributed by atoms with Gasteiger partial charge in [-0.15, -0.1) is 13.2 Å². The fourth-order valence-electron chi connectivity index (χ4n) is 3.00. The molecule has 0 unspecified atom stereocenters. The molecule has 1 aromatic heterocycles. The van der Waals surface area contributed by atoms with Crippen molar-refractivity contribution in [3.8, 4) is 5.75 Å². The molecule has 1 saturated heterocycles. The second kappa shape index (κ2) is 8.14. The van der Waals surface area contributed by atoms with E-state index >= 15 is 0 Å². The molecule has 0 N–H and O–H groups in total. The zero-order chi connectivity index (χ0) is 21.2. The van der Waals surface area contributed by atoms with Crippen LogP contribution in [0.5, 0.6) is 5.75 Å². The zero-order valence-corrected chi connectivity index (χ0v) is 16.4. The smallest absolute Gasteiger partial charge is 0.406 e. The standard InChI is InChI=1S/C19H22F3N5O2/c1-13-12-16(25(2)3)24-18(23-13)27-10-8-26(9-11-27)17(28)14-4-6-15(7-5-14)29-19(20,21)22/h4-7,12H,8-11H2,1-3H3. The Labute approximate surface area is 166 Å². The zero-order valence-electron chi connectivity index (χ0n) is 16.4. The summed E-state index contributed by atoms with van der Waals surface area (Å²) in [5.41, 5.74) is 1.17. The Kier molecular flexibility index (Phi) is 5.81. The lowest BCUT2D eigenvalue weighted by molar-refractivity contribution is -0.274. The molecular weight excluding hydrogens is 387 g/mol. The summed E-state index contributed by atoms with van der Waals surface area (Å²) < 4.78 is 40.6. The number of hydrogen-bond acceptors (Lipinski definition) is 6. The average Bonchev–Trinajstić information content (AvgIpc) is 2.66. The van der Waals surface area contributed by atoms with Crippen LogP contribution in [0.1, 0.15) is 16.1 Å². The molecule has 0 spiro atoms. The maximum Gasteiger partial charge on any atom is 0.573 e. The lowest BCUT2D eigenvalue weighted by atomic mass is 10.1. The van der Waals surface area contributed by atoms with Crippen LogP contribution < -0.4 is 14.5 Å². The summed E-state index contributed by atoms with van der Waals surface area (Å²) in [6, 6.07) is 6.85. The first-order valence-electron chi connectivity index (χ1n) is 9.05. The molecule has 29 heavy (non-hydrogen) atoms. The highest BCUT2D eigenvalue weighted by Gasteiger charge is 2.31. The normalized spacial score (nSPS) is 14.7. The third-order valence-corrected chi connectivity index (χ3v) is 4.47. The minimum Gasteiger partial charge on any atom is -0.406 e. The van der Waals surface area contributed by atoms with Gasteiger partial charge in [0, 0.05) is 57.6 Å². The number of hydrogen-bond donors (Lipinski definition) is 0. The quantitative estimate of drug-likeness (QED) is 0.774. The molecule has 156 valence electrons. The third-order valence-electron chi connectivity index (χ3n) is 4.47. The topological polar surface area (TPSA) is 61.8 Å². The number of carbonyl (C=O) groups excluding carboxylic acids is 1. The van der Waals surface area contributed by atoms with Gasteiger partial charge in [0.2, 0.25) is 5.95 Å². The number of aromatic nitrogens is 2. The summed E-state index contributed by atoms with van der Waals surface area (Å²) in [6.07, 6.45) is -4.76. The molecule has 2 heterocycles. The number of benzene rings is 1. The van der Waals surface area contributed by atoms with Gasteiger partial charge >= 0.3 is 6.36 Å². The summed E-state index contributed by atoms with van der Waals surface area (Å²) in [5.74, 6) is 0.844. The predicted molar refractivity (Wildman–Crippen MR) is 102 cm³/mol. The fraction of sp³-hybridized carbons (Fsp3) is 0.421. The summed E-state index contributed by atoms with van der Waals surface area (Å²) >= 11 is 0. The highest BCUT2D eigenvalue weighted by Crippen LogP contribution is 2.23. The molecule has 1 aromatic carbocycles. The minimum absolute atomic E-state index is 0.234. The SMILES string of the molecule is Cc1cc(N(C)C)nc(N2CCN(C(=O)c3ccc(OC(F)(F)F)cc3)CC2)n1. The number of carbonyl (C=O) groups is 1. The van der Waals surface area contributed by atoms with Crippen LogP contribution in [0.25, 0.3) is 0 Å². The predicted octanol–water partition coefficient (Wildman–Crippen LogP) is 2.71. The number of nitrogens with zero attached hydrogens (tertiary/aromatic N) is 5. The number of amides is 1. The Morgan fingerprint density at radius 3 is 2.24 bits per heavy atom. The molecule has 0 atom stereocenters. The van der Waals surface area contributed by atoms with Crippen LogP contribution in [0.4, 0.5) is 24.9 Å². The summed E-state index contributed by atoms with van der Waals surface area (Å²) in [7, 11) is 3.82. The van der Waals surface area contributed by atoms with Gasteiger partial charge in [-0.25, -0.2) is 4.98 Å². The van der Waals surface area contributed by atoms with E-state index in [1.54, 1.807) is 4.90 Å². The van der Waals surface area contributed by atoms with Crippen molar-refractivity contribution in [3.63, 3.8) is 0 Å². The van der Waals surface area contributed by atoms with Crippen LogP contribution in [0, 0.1) is 6.92 Å². The van der Waals surface area contributed by atoms with E-state index in [-0.39, 0.29) is 11.7 Å². The van der Waals surface area contributed by atoms with E-state index in [4.69, 9.17) is 0 Å². The van der Waals surface area contributed by atoms with Crippen LogP contribution in [-0.4, -0.2) is 67.4 Å². The molecule has 7 nitrogen and oxygen atoms in total. The molecule has 2 aromatic rings. The monoisotopic (exact) mass is 409 g/mol. The molecule has 0 saturated carbocycles. The van der Waals surface area contributed by atoms with E-state index in [1.807, 2.05) is 36.9 Å². The Morgan fingerprint density at radius 2 is 1.69 bits per heavy atom. The number of ether oxygens (including phenoxy) is 1. The molecule has 1 amide bonds. The highest BCUT2D eigenvalue weighted by molar-refractivity contribution is 5.94. The van der Waals surface area contributed by atoms with Gasteiger partial charge in [-0.05, 0) is 31.2 Å². The molecule has 0 bridgehead atoms. The molecule has 1 aliphatic heterocycles. The van der Waals surface area contributed by atoms with E-state index in [1.165, 1.54) is 12.1 Å². The van der Waals surface area contributed by atoms with Gasteiger partial charge in [0.25, 0.3) is 5.91 Å². The molecule has 1 fully saturated rings. The van der Waals surface area contributed by atoms with Gasteiger partial charge in [0.1, 0.15) is 11.6 Å². The Morgan fingerprint density at radius 1 is 1.07 bits per heavy atom. The number of anilines is 2. The average molecular weight is 409 g/mol. The van der Waals surface area contributed by atoms with E-state index < -0.39 is 6.36 Å². The molecule has 0 radical (unpaired) electrons. The van der Waals surface area contributed by atoms with E-state index in [0.717, 1.165) is 23.6 Å². The molecule has 10 heteroatoms. The number of halogens is 3. The minimum atomic E-state index is -4.76. The van der Waals surface area contributed by atoms with Gasteiger partial charge in [0.15, 0.2) is 0 Å². The van der Waals surface area contributed by atoms with E-state index in [0.29, 0.717) is 37.7 Å². The number of aryl methyl sites for hydroxylation is 1. The van der Waals surface area contributed by atoms with Gasteiger partial charge in [-0.2, -0.15) is 4.98 Å². The lowest BCUT2D eigenvalue weighted by Gasteiger charge is -2.35. The molecule has 0 aliphatic carbocycles. The van der Waals surface area contributed by atoms with E-state index in [2.05, 4.69) is 14.7 Å². The first-order chi connectivity index (χ1) is 13.6. The second-order valence-corrected chi connectivity index (χ2v) is 6.91. The van der Waals surface area contributed by atoms with Crippen LogP contribution in [0.3, 0.4) is 0 Å². The van der Waals surface area contributed by atoms with Gasteiger partial charge in [0.05, 0.1) is 0 Å². The molecular formula is C19H22F3N5O2. The third kappa shape index (κ3) is 5.27. The van der Waals surface area contributed by atoms with Crippen LogP contribution in [0.15, 0.2) is 30.3 Å². The molecule has 1 aliphatic rings. The maximum atomic E-state index is 12.6. The van der Waals surface area contributed by atoms with Crippen molar-refractivity contribution in [3.05, 3.63) is 41.6 Å². The van der Waals surface area contributed by atoms with Crippen LogP contribution in [-0.2, 0) is 0 Å². The van der Waals surface area contributed by atoms with Gasteiger partial charge in [-0.1, -0.05) is 0 Å². The number of rotatable bonds is 4. The number of alkyl halides is 3. The van der Waals surface area contributed by atoms with Crippen molar-refractivity contribution in [2.75, 3.05) is 50.1 Å². The van der Waals surface area contributed by atoms with Crippen molar-refractivity contribution in [1.29, 1.82) is 0 Å². The molecule has 3 rings (SSSR count). The van der Waals surface area contributed by atoms with Crippen molar-refractivity contribution in [2.45, 2.75) is 13.3 Å².